The second-order valence-electron chi connectivity index (χ2n) is 5.73. The number of fused-ring (bicyclic) bond motifs is 1. The number of thiazole rings is 1. The number of nitrogens with zero attached hydrogens (tertiary/aromatic N) is 6. The van der Waals surface area contributed by atoms with Crippen LogP contribution in [0.15, 0.2) is 30.3 Å². The molecule has 0 aliphatic carbocycles. The number of hydrogen-bond acceptors (Lipinski definition) is 9. The number of hydrogen-bond donors (Lipinski definition) is 2. The van der Waals surface area contributed by atoms with Gasteiger partial charge in [-0.25, -0.2) is 19.9 Å². The fourth-order valence-electron chi connectivity index (χ4n) is 2.94. The van der Waals surface area contributed by atoms with E-state index in [0.717, 1.165) is 54.5 Å². The van der Waals surface area contributed by atoms with E-state index in [-0.39, 0.29) is 0 Å². The first-order valence-corrected chi connectivity index (χ1v) is 8.95. The number of anilines is 3. The lowest BCUT2D eigenvalue weighted by atomic mass is 10.1. The SMILES string of the molecule is Nc1nc(CNc2ncnc3c2CCN(c2cnccn2)CC3)cs1. The molecule has 128 valence electrons. The Bertz CT molecular complexity index is 850. The van der Waals surface area contributed by atoms with Crippen LogP contribution in [0.4, 0.5) is 16.8 Å². The van der Waals surface area contributed by atoms with Gasteiger partial charge in [0.15, 0.2) is 5.13 Å². The van der Waals surface area contributed by atoms with Crippen LogP contribution in [0.3, 0.4) is 0 Å². The number of nitrogen functional groups attached to an aromatic ring is 1. The molecule has 3 N–H and O–H groups in total. The van der Waals surface area contributed by atoms with Crippen molar-refractivity contribution in [2.75, 3.05) is 29.0 Å². The third-order valence-corrected chi connectivity index (χ3v) is 4.89. The van der Waals surface area contributed by atoms with E-state index in [2.05, 4.69) is 35.1 Å². The Balaban J connectivity index is 1.50. The summed E-state index contributed by atoms with van der Waals surface area (Å²) in [6, 6.07) is 0. The summed E-state index contributed by atoms with van der Waals surface area (Å²) in [6.45, 7) is 2.33. The normalized spacial score (nSPS) is 14.0. The molecule has 9 heteroatoms. The Kier molecular flexibility index (Phi) is 4.38. The molecule has 0 unspecified atom stereocenters. The van der Waals surface area contributed by atoms with Crippen molar-refractivity contribution in [1.29, 1.82) is 0 Å². The summed E-state index contributed by atoms with van der Waals surface area (Å²) < 4.78 is 0. The van der Waals surface area contributed by atoms with Crippen molar-refractivity contribution in [3.8, 4) is 0 Å². The van der Waals surface area contributed by atoms with E-state index < -0.39 is 0 Å². The Morgan fingerprint density at radius 2 is 2.08 bits per heavy atom. The lowest BCUT2D eigenvalue weighted by molar-refractivity contribution is 0.783. The van der Waals surface area contributed by atoms with Gasteiger partial charge in [0, 0.05) is 42.8 Å². The first-order chi connectivity index (χ1) is 12.3. The third kappa shape index (κ3) is 3.50. The van der Waals surface area contributed by atoms with Crippen LogP contribution in [0.1, 0.15) is 17.0 Å². The maximum Gasteiger partial charge on any atom is 0.180 e. The standard InChI is InChI=1S/C16H18N8S/c17-16-23-11(9-25-16)7-20-15-12-1-5-24(14-8-18-3-4-19-14)6-2-13(12)21-10-22-15/h3-4,8-10H,1-2,5-7H2,(H2,17,23)(H,20,21,22). The van der Waals surface area contributed by atoms with E-state index in [1.165, 1.54) is 11.3 Å². The van der Waals surface area contributed by atoms with Gasteiger partial charge in [-0.05, 0) is 6.42 Å². The predicted molar refractivity (Wildman–Crippen MR) is 97.5 cm³/mol. The summed E-state index contributed by atoms with van der Waals surface area (Å²) in [4.78, 5) is 24.0. The van der Waals surface area contributed by atoms with Crippen LogP contribution in [-0.4, -0.2) is 38.0 Å². The largest absolute Gasteiger partial charge is 0.375 e. The molecule has 0 saturated carbocycles. The Labute approximate surface area is 149 Å². The zero-order valence-corrected chi connectivity index (χ0v) is 14.4. The molecule has 8 nitrogen and oxygen atoms in total. The molecule has 0 amide bonds. The van der Waals surface area contributed by atoms with Gasteiger partial charge in [-0.3, -0.25) is 4.98 Å². The van der Waals surface area contributed by atoms with Crippen LogP contribution in [0.2, 0.25) is 0 Å². The Morgan fingerprint density at radius 1 is 1.16 bits per heavy atom. The molecule has 3 aromatic rings. The summed E-state index contributed by atoms with van der Waals surface area (Å²) in [7, 11) is 0. The second kappa shape index (κ2) is 6.98. The van der Waals surface area contributed by atoms with Gasteiger partial charge in [0.05, 0.1) is 24.1 Å². The molecule has 0 radical (unpaired) electrons. The molecule has 0 spiro atoms. The molecule has 0 atom stereocenters. The summed E-state index contributed by atoms with van der Waals surface area (Å²) in [5.74, 6) is 1.77. The fraction of sp³-hybridized carbons (Fsp3) is 0.312. The summed E-state index contributed by atoms with van der Waals surface area (Å²) in [6.07, 6.45) is 8.54. The van der Waals surface area contributed by atoms with Crippen LogP contribution in [0.5, 0.6) is 0 Å². The van der Waals surface area contributed by atoms with Crippen LogP contribution in [0.25, 0.3) is 0 Å². The lowest BCUT2D eigenvalue weighted by Gasteiger charge is -2.20. The zero-order valence-electron chi connectivity index (χ0n) is 13.6. The maximum atomic E-state index is 5.69. The molecule has 0 fully saturated rings. The fourth-order valence-corrected chi connectivity index (χ4v) is 3.50. The number of rotatable bonds is 4. The lowest BCUT2D eigenvalue weighted by Crippen LogP contribution is -2.27. The Morgan fingerprint density at radius 3 is 2.88 bits per heavy atom. The average Bonchev–Trinajstić information content (AvgIpc) is 2.94. The topological polar surface area (TPSA) is 106 Å². The first kappa shape index (κ1) is 15.7. The molecule has 3 aromatic heterocycles. The third-order valence-electron chi connectivity index (χ3n) is 4.16. The van der Waals surface area contributed by atoms with Gasteiger partial charge in [-0.2, -0.15) is 0 Å². The zero-order chi connectivity index (χ0) is 17.1. The minimum atomic E-state index is 0.581. The van der Waals surface area contributed by atoms with Gasteiger partial charge < -0.3 is 16.0 Å². The molecular weight excluding hydrogens is 336 g/mol. The van der Waals surface area contributed by atoms with Crippen molar-refractivity contribution in [2.45, 2.75) is 19.4 Å². The van der Waals surface area contributed by atoms with Gasteiger partial charge in [0.25, 0.3) is 0 Å². The van der Waals surface area contributed by atoms with Crippen LogP contribution >= 0.6 is 11.3 Å². The van der Waals surface area contributed by atoms with Crippen LogP contribution in [0, 0.1) is 0 Å². The van der Waals surface area contributed by atoms with Crippen molar-refractivity contribution >= 4 is 28.1 Å². The van der Waals surface area contributed by atoms with Crippen molar-refractivity contribution in [3.05, 3.63) is 47.2 Å². The monoisotopic (exact) mass is 354 g/mol. The molecule has 4 rings (SSSR count). The second-order valence-corrected chi connectivity index (χ2v) is 6.62. The molecular formula is C16H18N8S. The highest BCUT2D eigenvalue weighted by molar-refractivity contribution is 7.13. The highest BCUT2D eigenvalue weighted by atomic mass is 32.1. The van der Waals surface area contributed by atoms with E-state index in [4.69, 9.17) is 5.73 Å². The minimum Gasteiger partial charge on any atom is -0.375 e. The Hall–Kier alpha value is -2.81. The smallest absolute Gasteiger partial charge is 0.180 e. The molecule has 0 saturated heterocycles. The van der Waals surface area contributed by atoms with Crippen molar-refractivity contribution in [1.82, 2.24) is 24.9 Å². The molecule has 0 bridgehead atoms. The van der Waals surface area contributed by atoms with E-state index in [0.29, 0.717) is 11.7 Å². The number of nitrogens with one attached hydrogen (secondary N) is 1. The highest BCUT2D eigenvalue weighted by Gasteiger charge is 2.19. The molecule has 1 aliphatic rings. The molecule has 1 aliphatic heterocycles. The van der Waals surface area contributed by atoms with Gasteiger partial charge >= 0.3 is 0 Å². The van der Waals surface area contributed by atoms with E-state index in [9.17, 15) is 0 Å². The van der Waals surface area contributed by atoms with E-state index in [1.807, 2.05) is 5.38 Å². The average molecular weight is 354 g/mol. The van der Waals surface area contributed by atoms with Crippen molar-refractivity contribution in [2.24, 2.45) is 0 Å². The predicted octanol–water partition coefficient (Wildman–Crippen LogP) is 1.52. The van der Waals surface area contributed by atoms with Crippen molar-refractivity contribution < 1.29 is 0 Å². The molecule has 25 heavy (non-hydrogen) atoms. The van der Waals surface area contributed by atoms with E-state index >= 15 is 0 Å². The minimum absolute atomic E-state index is 0.581. The summed E-state index contributed by atoms with van der Waals surface area (Å²) in [5.41, 5.74) is 8.86. The number of aromatic nitrogens is 5. The molecule has 0 aromatic carbocycles. The van der Waals surface area contributed by atoms with Crippen LogP contribution in [-0.2, 0) is 19.4 Å². The van der Waals surface area contributed by atoms with Gasteiger partial charge in [-0.1, -0.05) is 0 Å². The van der Waals surface area contributed by atoms with Gasteiger partial charge in [0.2, 0.25) is 0 Å². The number of nitrogens with two attached hydrogens (primary N) is 1. The molecule has 4 heterocycles. The van der Waals surface area contributed by atoms with Crippen molar-refractivity contribution in [3.63, 3.8) is 0 Å². The first-order valence-electron chi connectivity index (χ1n) is 8.07. The maximum absolute atomic E-state index is 5.69. The highest BCUT2D eigenvalue weighted by Crippen LogP contribution is 2.23. The van der Waals surface area contributed by atoms with E-state index in [1.54, 1.807) is 24.9 Å². The summed E-state index contributed by atoms with van der Waals surface area (Å²) >= 11 is 1.44. The quantitative estimate of drug-likeness (QED) is 0.726. The van der Waals surface area contributed by atoms with Gasteiger partial charge in [0.1, 0.15) is 18.0 Å². The van der Waals surface area contributed by atoms with Gasteiger partial charge in [-0.15, -0.1) is 11.3 Å². The summed E-state index contributed by atoms with van der Waals surface area (Å²) in [5, 5.41) is 5.91. The van der Waals surface area contributed by atoms with Crippen LogP contribution < -0.4 is 16.0 Å².